The number of carbonyl (C=O) groups is 2. The van der Waals surface area contributed by atoms with Crippen molar-refractivity contribution in [2.24, 2.45) is 0 Å². The lowest BCUT2D eigenvalue weighted by molar-refractivity contribution is -0.124. The normalized spacial score (nSPS) is 16.5. The van der Waals surface area contributed by atoms with Gasteiger partial charge in [0.15, 0.2) is 0 Å². The molecule has 1 aliphatic rings. The highest BCUT2D eigenvalue weighted by Gasteiger charge is 2.42. The summed E-state index contributed by atoms with van der Waals surface area (Å²) >= 11 is 14.5. The first-order valence-electron chi connectivity index (χ1n) is 11.8. The van der Waals surface area contributed by atoms with Crippen LogP contribution in [0.25, 0.3) is 0 Å². The standard InChI is InChI=1S/C28H27Cl2IN2O4/c1-18(19-3-7-21(29)8-4-19)33-26(20-5-9-22(30)10-6-20)28(35)32(13-14-37-16-15-36-2)25-12-11-23(31)17-24(25)27(33)34/h3-12,17-18,26H,13-16H2,1-2H3/t18-,26+/m1/s1. The molecule has 0 radical (unpaired) electrons. The molecule has 0 N–H and O–H groups in total. The zero-order chi connectivity index (χ0) is 26.5. The van der Waals surface area contributed by atoms with Crippen molar-refractivity contribution in [1.29, 1.82) is 0 Å². The lowest BCUT2D eigenvalue weighted by Gasteiger charge is -2.36. The number of fused-ring (bicyclic) bond motifs is 1. The minimum absolute atomic E-state index is 0.216. The monoisotopic (exact) mass is 652 g/mol. The van der Waals surface area contributed by atoms with Crippen molar-refractivity contribution in [3.63, 3.8) is 0 Å². The predicted octanol–water partition coefficient (Wildman–Crippen LogP) is 6.55. The number of carbonyl (C=O) groups excluding carboxylic acids is 2. The van der Waals surface area contributed by atoms with E-state index < -0.39 is 12.1 Å². The molecule has 6 nitrogen and oxygen atoms in total. The Morgan fingerprint density at radius 2 is 1.57 bits per heavy atom. The van der Waals surface area contributed by atoms with Gasteiger partial charge in [-0.3, -0.25) is 9.59 Å². The van der Waals surface area contributed by atoms with Crippen molar-refractivity contribution in [2.45, 2.75) is 19.0 Å². The van der Waals surface area contributed by atoms with Gasteiger partial charge in [0.2, 0.25) is 0 Å². The summed E-state index contributed by atoms with van der Waals surface area (Å²) in [6.45, 7) is 3.39. The summed E-state index contributed by atoms with van der Waals surface area (Å²) in [7, 11) is 1.61. The van der Waals surface area contributed by atoms with Crippen LogP contribution in [-0.2, 0) is 14.3 Å². The molecule has 0 aromatic heterocycles. The van der Waals surface area contributed by atoms with Gasteiger partial charge in [-0.15, -0.1) is 0 Å². The maximum atomic E-state index is 14.3. The van der Waals surface area contributed by atoms with E-state index in [0.717, 1.165) is 9.13 Å². The van der Waals surface area contributed by atoms with Crippen molar-refractivity contribution in [3.05, 3.63) is 97.0 Å². The average molecular weight is 653 g/mol. The Balaban J connectivity index is 1.83. The smallest absolute Gasteiger partial charge is 0.257 e. The fourth-order valence-electron chi connectivity index (χ4n) is 4.44. The molecular weight excluding hydrogens is 626 g/mol. The lowest BCUT2D eigenvalue weighted by atomic mass is 9.98. The molecule has 1 aliphatic heterocycles. The number of rotatable bonds is 9. The number of anilines is 1. The third-order valence-corrected chi connectivity index (χ3v) is 7.51. The molecule has 0 saturated heterocycles. The van der Waals surface area contributed by atoms with E-state index >= 15 is 0 Å². The Kier molecular flexibility index (Phi) is 9.47. The summed E-state index contributed by atoms with van der Waals surface area (Å²) in [5.74, 6) is -0.446. The van der Waals surface area contributed by atoms with Crippen molar-refractivity contribution < 1.29 is 19.1 Å². The van der Waals surface area contributed by atoms with E-state index in [2.05, 4.69) is 22.6 Å². The first-order chi connectivity index (χ1) is 17.8. The topological polar surface area (TPSA) is 59.1 Å². The number of hydrogen-bond donors (Lipinski definition) is 0. The van der Waals surface area contributed by atoms with Gasteiger partial charge in [0.25, 0.3) is 11.8 Å². The van der Waals surface area contributed by atoms with Gasteiger partial charge < -0.3 is 19.3 Å². The van der Waals surface area contributed by atoms with Gasteiger partial charge in [-0.2, -0.15) is 0 Å². The second-order valence-corrected chi connectivity index (χ2v) is 10.8. The summed E-state index contributed by atoms with van der Waals surface area (Å²) in [6.07, 6.45) is 0. The maximum Gasteiger partial charge on any atom is 0.257 e. The van der Waals surface area contributed by atoms with E-state index in [9.17, 15) is 9.59 Å². The predicted molar refractivity (Wildman–Crippen MR) is 154 cm³/mol. The van der Waals surface area contributed by atoms with Crippen molar-refractivity contribution in [2.75, 3.05) is 38.4 Å². The summed E-state index contributed by atoms with van der Waals surface area (Å²) in [4.78, 5) is 31.9. The largest absolute Gasteiger partial charge is 0.382 e. The van der Waals surface area contributed by atoms with Gasteiger partial charge in [-0.05, 0) is 83.1 Å². The lowest BCUT2D eigenvalue weighted by Crippen LogP contribution is -2.44. The first kappa shape index (κ1) is 27.9. The summed E-state index contributed by atoms with van der Waals surface area (Å²) in [5, 5.41) is 1.15. The average Bonchev–Trinajstić information content (AvgIpc) is 2.97. The third-order valence-electron chi connectivity index (χ3n) is 6.34. The van der Waals surface area contributed by atoms with Crippen LogP contribution in [0.4, 0.5) is 5.69 Å². The molecule has 194 valence electrons. The molecule has 0 aliphatic carbocycles. The van der Waals surface area contributed by atoms with E-state index in [1.54, 1.807) is 53.3 Å². The zero-order valence-corrected chi connectivity index (χ0v) is 24.2. The molecule has 0 unspecified atom stereocenters. The van der Waals surface area contributed by atoms with Crippen LogP contribution in [0.5, 0.6) is 0 Å². The maximum absolute atomic E-state index is 14.3. The molecule has 0 fully saturated rings. The summed E-state index contributed by atoms with van der Waals surface area (Å²) < 4.78 is 11.7. The number of nitrogens with zero attached hydrogens (tertiary/aromatic N) is 2. The SMILES string of the molecule is COCCOCCN1C(=O)[C@H](c2ccc(Cl)cc2)N([C@H](C)c2ccc(Cl)cc2)C(=O)c2cc(I)ccc21. The van der Waals surface area contributed by atoms with Crippen LogP contribution in [0.1, 0.15) is 40.5 Å². The first-order valence-corrected chi connectivity index (χ1v) is 13.7. The quantitative estimate of drug-likeness (QED) is 0.194. The van der Waals surface area contributed by atoms with Crippen LogP contribution >= 0.6 is 45.8 Å². The number of ether oxygens (including phenoxy) is 2. The van der Waals surface area contributed by atoms with E-state index in [0.29, 0.717) is 46.7 Å². The van der Waals surface area contributed by atoms with Crippen molar-refractivity contribution >= 4 is 63.3 Å². The van der Waals surface area contributed by atoms with Gasteiger partial charge >= 0.3 is 0 Å². The van der Waals surface area contributed by atoms with E-state index in [1.807, 2.05) is 37.3 Å². The van der Waals surface area contributed by atoms with Gasteiger partial charge in [-0.1, -0.05) is 47.5 Å². The van der Waals surface area contributed by atoms with Crippen LogP contribution in [0.2, 0.25) is 10.0 Å². The second kappa shape index (κ2) is 12.6. The Bertz CT molecular complexity index is 1250. The van der Waals surface area contributed by atoms with E-state index in [4.69, 9.17) is 32.7 Å². The van der Waals surface area contributed by atoms with E-state index in [1.165, 1.54) is 0 Å². The Hall–Kier alpha value is -2.17. The molecule has 9 heteroatoms. The van der Waals surface area contributed by atoms with Crippen molar-refractivity contribution in [3.8, 4) is 0 Å². The van der Waals surface area contributed by atoms with Crippen LogP contribution in [0.3, 0.4) is 0 Å². The second-order valence-electron chi connectivity index (χ2n) is 8.65. The highest BCUT2D eigenvalue weighted by molar-refractivity contribution is 14.1. The molecule has 37 heavy (non-hydrogen) atoms. The minimum Gasteiger partial charge on any atom is -0.382 e. The van der Waals surface area contributed by atoms with E-state index in [-0.39, 0.29) is 18.4 Å². The number of amides is 2. The minimum atomic E-state index is -0.875. The van der Waals surface area contributed by atoms with Crippen LogP contribution in [0.15, 0.2) is 66.7 Å². The van der Waals surface area contributed by atoms with Crippen molar-refractivity contribution in [1.82, 2.24) is 4.90 Å². The molecular formula is C28H27Cl2IN2O4. The molecule has 0 bridgehead atoms. The number of halogens is 3. The molecule has 0 saturated carbocycles. The molecule has 2 atom stereocenters. The summed E-state index contributed by atoms with van der Waals surface area (Å²) in [6, 6.07) is 18.7. The number of hydrogen-bond acceptors (Lipinski definition) is 4. The molecule has 1 heterocycles. The Morgan fingerprint density at radius 3 is 2.22 bits per heavy atom. The Morgan fingerprint density at radius 1 is 0.919 bits per heavy atom. The molecule has 4 rings (SSSR count). The fraction of sp³-hybridized carbons (Fsp3) is 0.286. The zero-order valence-electron chi connectivity index (χ0n) is 20.5. The van der Waals surface area contributed by atoms with Crippen LogP contribution < -0.4 is 4.90 Å². The molecule has 2 amide bonds. The fourth-order valence-corrected chi connectivity index (χ4v) is 5.18. The Labute approximate surface area is 240 Å². The van der Waals surface area contributed by atoms with Gasteiger partial charge in [0, 0.05) is 27.3 Å². The summed E-state index contributed by atoms with van der Waals surface area (Å²) in [5.41, 5.74) is 2.58. The van der Waals surface area contributed by atoms with Gasteiger partial charge in [-0.25, -0.2) is 0 Å². The van der Waals surface area contributed by atoms with Crippen LogP contribution in [0, 0.1) is 3.57 Å². The van der Waals surface area contributed by atoms with Gasteiger partial charge in [0.05, 0.1) is 37.1 Å². The highest BCUT2D eigenvalue weighted by Crippen LogP contribution is 2.40. The number of benzene rings is 3. The number of methoxy groups -OCH3 is 1. The highest BCUT2D eigenvalue weighted by atomic mass is 127. The molecule has 3 aromatic rings. The molecule has 0 spiro atoms. The third kappa shape index (κ3) is 6.29. The molecule has 3 aromatic carbocycles. The van der Waals surface area contributed by atoms with Gasteiger partial charge in [0.1, 0.15) is 6.04 Å². The van der Waals surface area contributed by atoms with Crippen LogP contribution in [-0.4, -0.2) is 50.2 Å².